The van der Waals surface area contributed by atoms with Gasteiger partial charge in [0.25, 0.3) is 6.47 Å². The van der Waals surface area contributed by atoms with Gasteiger partial charge >= 0.3 is 0 Å². The van der Waals surface area contributed by atoms with E-state index in [-0.39, 0.29) is 43.2 Å². The quantitative estimate of drug-likeness (QED) is 0.582. The Morgan fingerprint density at radius 1 is 1.42 bits per heavy atom. The Hall–Kier alpha value is -2.08. The minimum atomic E-state index is -3.13. The maximum Gasteiger partial charge on any atom is 0.290 e. The zero-order valence-electron chi connectivity index (χ0n) is 13.4. The molecule has 3 heterocycles. The normalized spacial score (nSPS) is 27.5. The van der Waals surface area contributed by atoms with Crippen LogP contribution in [0.1, 0.15) is 0 Å². The van der Waals surface area contributed by atoms with Crippen molar-refractivity contribution in [3.63, 3.8) is 0 Å². The summed E-state index contributed by atoms with van der Waals surface area (Å²) in [6, 6.07) is -0.0224. The molecule has 24 heavy (non-hydrogen) atoms. The van der Waals surface area contributed by atoms with Crippen LogP contribution in [-0.4, -0.2) is 100 Å². The smallest absolute Gasteiger partial charge is 0.290 e. The first-order chi connectivity index (χ1) is 11.3. The Balaban J connectivity index is 0.000000647. The van der Waals surface area contributed by atoms with Crippen LogP contribution >= 0.6 is 0 Å². The summed E-state index contributed by atoms with van der Waals surface area (Å²) < 4.78 is 25.8. The zero-order chi connectivity index (χ0) is 17.9. The molecule has 0 saturated carbocycles. The van der Waals surface area contributed by atoms with Crippen LogP contribution < -0.4 is 0 Å². The molecular formula is C12H20N6O5S. The van der Waals surface area contributed by atoms with Gasteiger partial charge in [-0.2, -0.15) is 0 Å². The molecule has 0 bridgehead atoms. The van der Waals surface area contributed by atoms with Crippen molar-refractivity contribution in [2.45, 2.75) is 17.8 Å². The average molecular weight is 360 g/mol. The highest BCUT2D eigenvalue weighted by Gasteiger charge is 2.53. The number of fused-ring (bicyclic) bond motifs is 1. The predicted octanol–water partition coefficient (Wildman–Crippen LogP) is -2.44. The second-order valence-corrected chi connectivity index (χ2v) is 8.24. The molecule has 3 atom stereocenters. The Kier molecular flexibility index (Phi) is 5.49. The summed E-state index contributed by atoms with van der Waals surface area (Å²) in [4.78, 5) is 24.2. The maximum atomic E-state index is 12.2. The minimum Gasteiger partial charge on any atom is -0.483 e. The lowest BCUT2D eigenvalue weighted by Crippen LogP contribution is -2.39. The number of hydrogen-bond acceptors (Lipinski definition) is 8. The summed E-state index contributed by atoms with van der Waals surface area (Å²) in [5.74, 6) is 0.0249. The largest absolute Gasteiger partial charge is 0.483 e. The van der Waals surface area contributed by atoms with Crippen LogP contribution in [0.2, 0.25) is 0 Å². The lowest BCUT2D eigenvalue weighted by atomic mass is 10.00. The van der Waals surface area contributed by atoms with E-state index in [0.29, 0.717) is 6.54 Å². The third-order valence-electron chi connectivity index (χ3n) is 4.37. The van der Waals surface area contributed by atoms with E-state index in [1.807, 2.05) is 19.0 Å². The first kappa shape index (κ1) is 18.3. The SMILES string of the molecule is CN(C)[C@H]1CS(=O)(=O)[C@H]2CN(C(=O)Cn3cnnn3)C[C@@H]12.O=CO. The van der Waals surface area contributed by atoms with Gasteiger partial charge in [0, 0.05) is 25.0 Å². The summed E-state index contributed by atoms with van der Waals surface area (Å²) >= 11 is 0. The molecule has 0 aliphatic carbocycles. The van der Waals surface area contributed by atoms with E-state index in [2.05, 4.69) is 15.5 Å². The molecular weight excluding hydrogens is 340 g/mol. The lowest BCUT2D eigenvalue weighted by Gasteiger charge is -2.25. The molecule has 1 aromatic heterocycles. The van der Waals surface area contributed by atoms with Gasteiger partial charge in [-0.25, -0.2) is 13.1 Å². The van der Waals surface area contributed by atoms with Crippen LogP contribution in [0, 0.1) is 5.92 Å². The molecule has 3 rings (SSSR count). The highest BCUT2D eigenvalue weighted by molar-refractivity contribution is 7.92. The molecule has 2 aliphatic heterocycles. The van der Waals surface area contributed by atoms with Crippen molar-refractivity contribution in [2.24, 2.45) is 5.92 Å². The number of nitrogens with zero attached hydrogens (tertiary/aromatic N) is 6. The fraction of sp³-hybridized carbons (Fsp3) is 0.750. The minimum absolute atomic E-state index is 0.0113. The van der Waals surface area contributed by atoms with Crippen molar-refractivity contribution in [2.75, 3.05) is 32.9 Å². The van der Waals surface area contributed by atoms with E-state index in [9.17, 15) is 13.2 Å². The van der Waals surface area contributed by atoms with Gasteiger partial charge < -0.3 is 14.9 Å². The standard InChI is InChI=1S/C11H18N6O3S.CH2O2/c1-15(2)9-6-21(19,20)10-4-16(3-8(9)10)11(18)5-17-7-12-13-14-17;2-1-3/h7-10H,3-6H2,1-2H3;1H,(H,2,3)/t8-,9-,10-;/m0./s1. The molecule has 1 N–H and O–H groups in total. The van der Waals surface area contributed by atoms with Crippen molar-refractivity contribution in [3.05, 3.63) is 6.33 Å². The van der Waals surface area contributed by atoms with E-state index in [4.69, 9.17) is 9.90 Å². The van der Waals surface area contributed by atoms with Crippen molar-refractivity contribution < 1.29 is 23.1 Å². The van der Waals surface area contributed by atoms with E-state index >= 15 is 0 Å². The second kappa shape index (κ2) is 7.21. The maximum absolute atomic E-state index is 12.2. The van der Waals surface area contributed by atoms with Crippen LogP contribution in [0.4, 0.5) is 0 Å². The highest BCUT2D eigenvalue weighted by Crippen LogP contribution is 2.35. The van der Waals surface area contributed by atoms with E-state index in [1.165, 1.54) is 11.0 Å². The van der Waals surface area contributed by atoms with Gasteiger partial charge in [0.2, 0.25) is 5.91 Å². The second-order valence-electron chi connectivity index (χ2n) is 5.97. The van der Waals surface area contributed by atoms with Gasteiger partial charge in [0.05, 0.1) is 11.0 Å². The van der Waals surface area contributed by atoms with E-state index in [1.54, 1.807) is 4.90 Å². The number of rotatable bonds is 3. The molecule has 2 saturated heterocycles. The van der Waals surface area contributed by atoms with Gasteiger partial charge in [-0.1, -0.05) is 0 Å². The van der Waals surface area contributed by atoms with Crippen molar-refractivity contribution in [1.82, 2.24) is 30.0 Å². The Morgan fingerprint density at radius 2 is 2.08 bits per heavy atom. The molecule has 0 aromatic carbocycles. The van der Waals surface area contributed by atoms with Gasteiger partial charge in [-0.3, -0.25) is 9.59 Å². The number of tetrazole rings is 1. The van der Waals surface area contributed by atoms with Crippen molar-refractivity contribution in [3.8, 4) is 0 Å². The predicted molar refractivity (Wildman–Crippen MR) is 81.6 cm³/mol. The topological polar surface area (TPSA) is 139 Å². The number of carbonyl (C=O) groups excluding carboxylic acids is 1. The first-order valence-corrected chi connectivity index (χ1v) is 8.96. The van der Waals surface area contributed by atoms with E-state index < -0.39 is 15.1 Å². The summed E-state index contributed by atoms with van der Waals surface area (Å²) in [6.07, 6.45) is 1.37. The van der Waals surface area contributed by atoms with Crippen molar-refractivity contribution >= 4 is 22.2 Å². The molecule has 2 aliphatic rings. The number of likely N-dealkylation sites (tertiary alicyclic amines) is 1. The molecule has 11 nitrogen and oxygen atoms in total. The number of carbonyl (C=O) groups is 2. The number of amides is 1. The van der Waals surface area contributed by atoms with Crippen LogP contribution in [0.15, 0.2) is 6.33 Å². The molecule has 0 radical (unpaired) electrons. The molecule has 2 fully saturated rings. The highest BCUT2D eigenvalue weighted by atomic mass is 32.2. The van der Waals surface area contributed by atoms with Crippen LogP contribution in [0.3, 0.4) is 0 Å². The van der Waals surface area contributed by atoms with Gasteiger partial charge in [-0.05, 0) is 24.5 Å². The van der Waals surface area contributed by atoms with Crippen LogP contribution in [-0.2, 0) is 26.0 Å². The van der Waals surface area contributed by atoms with Gasteiger partial charge in [0.15, 0.2) is 9.84 Å². The monoisotopic (exact) mass is 360 g/mol. The number of aromatic nitrogens is 4. The first-order valence-electron chi connectivity index (χ1n) is 7.24. The summed E-state index contributed by atoms with van der Waals surface area (Å²) in [6.45, 7) is 0.547. The fourth-order valence-electron chi connectivity index (χ4n) is 3.26. The summed E-state index contributed by atoms with van der Waals surface area (Å²) in [5, 5.41) is 17.1. The Labute approximate surface area is 139 Å². The van der Waals surface area contributed by atoms with Gasteiger partial charge in [-0.15, -0.1) is 5.10 Å². The molecule has 0 spiro atoms. The lowest BCUT2D eigenvalue weighted by molar-refractivity contribution is -0.131. The number of carboxylic acid groups (broad SMARTS) is 1. The molecule has 0 unspecified atom stereocenters. The fourth-order valence-corrected chi connectivity index (χ4v) is 5.74. The summed E-state index contributed by atoms with van der Waals surface area (Å²) in [7, 11) is 0.637. The van der Waals surface area contributed by atoms with Crippen molar-refractivity contribution in [1.29, 1.82) is 0 Å². The Morgan fingerprint density at radius 3 is 2.62 bits per heavy atom. The Bertz CT molecular complexity index is 676. The molecule has 12 heteroatoms. The molecule has 134 valence electrons. The van der Waals surface area contributed by atoms with Gasteiger partial charge in [0.1, 0.15) is 12.9 Å². The zero-order valence-corrected chi connectivity index (χ0v) is 14.2. The third kappa shape index (κ3) is 3.70. The third-order valence-corrected chi connectivity index (χ3v) is 6.60. The molecule has 1 aromatic rings. The van der Waals surface area contributed by atoms with Crippen LogP contribution in [0.25, 0.3) is 0 Å². The molecule has 1 amide bonds. The number of sulfone groups is 1. The van der Waals surface area contributed by atoms with E-state index in [0.717, 1.165) is 0 Å². The van der Waals surface area contributed by atoms with Crippen LogP contribution in [0.5, 0.6) is 0 Å². The number of hydrogen-bond donors (Lipinski definition) is 1. The summed E-state index contributed by atoms with van der Waals surface area (Å²) in [5.41, 5.74) is 0. The average Bonchev–Trinajstić information content (AvgIpc) is 3.18.